The number of rotatable bonds is 7. The molecule has 178 valence electrons. The lowest BCUT2D eigenvalue weighted by atomic mass is 10.0. The van der Waals surface area contributed by atoms with E-state index in [4.69, 9.17) is 0 Å². The van der Waals surface area contributed by atoms with Crippen LogP contribution in [-0.4, -0.2) is 58.0 Å². The van der Waals surface area contributed by atoms with Crippen molar-refractivity contribution in [3.63, 3.8) is 0 Å². The Morgan fingerprint density at radius 2 is 1.18 bits per heavy atom. The van der Waals surface area contributed by atoms with Gasteiger partial charge in [-0.2, -0.15) is 0 Å². The predicted octanol–water partition coefficient (Wildman–Crippen LogP) is 5.64. The van der Waals surface area contributed by atoms with Gasteiger partial charge in [0, 0.05) is 59.4 Å². The van der Waals surface area contributed by atoms with Gasteiger partial charge in [0.2, 0.25) is 0 Å². The third kappa shape index (κ3) is 4.25. The third-order valence-corrected chi connectivity index (χ3v) is 8.04. The highest BCUT2D eigenvalue weighted by molar-refractivity contribution is 5.84. The van der Waals surface area contributed by atoms with Gasteiger partial charge in [-0.05, 0) is 99.1 Å². The van der Waals surface area contributed by atoms with Crippen molar-refractivity contribution in [1.29, 1.82) is 0 Å². The van der Waals surface area contributed by atoms with Crippen LogP contribution in [0.3, 0.4) is 0 Å². The van der Waals surface area contributed by atoms with Crippen LogP contribution in [0.5, 0.6) is 0 Å². The number of aromatic nitrogens is 2. The number of nitrogens with zero attached hydrogens (tertiary/aromatic N) is 2. The molecule has 2 atom stereocenters. The van der Waals surface area contributed by atoms with Crippen molar-refractivity contribution < 1.29 is 8.78 Å². The average molecular weight is 463 g/mol. The van der Waals surface area contributed by atoms with Gasteiger partial charge in [-0.25, -0.2) is 8.78 Å². The van der Waals surface area contributed by atoms with Gasteiger partial charge in [0.05, 0.1) is 0 Å². The molecule has 2 N–H and O–H groups in total. The molecule has 0 saturated carbocycles. The molecule has 0 bridgehead atoms. The molecule has 2 saturated heterocycles. The summed E-state index contributed by atoms with van der Waals surface area (Å²) in [5, 5.41) is 2.29. The maximum atomic E-state index is 13.6. The van der Waals surface area contributed by atoms with Crippen molar-refractivity contribution in [2.45, 2.75) is 50.6 Å². The Labute approximate surface area is 198 Å². The fourth-order valence-electron chi connectivity index (χ4n) is 6.26. The van der Waals surface area contributed by atoms with Gasteiger partial charge in [0.15, 0.2) is 0 Å². The lowest BCUT2D eigenvalue weighted by Gasteiger charge is -2.30. The highest BCUT2D eigenvalue weighted by Gasteiger charge is 2.29. The first-order chi connectivity index (χ1) is 16.6. The standard InChI is InChI=1S/C28H32F2N4/c29-21-5-7-25-19(17-31-27(25)15-21)13-23-3-1-9-33(23)11-12-34-10-2-4-24(34)14-20-18-32-28-16-22(30)6-8-26(20)28/h5-8,15-18,23-24,31-32H,1-4,9-14H2. The number of nitrogens with one attached hydrogen (secondary N) is 2. The van der Waals surface area contributed by atoms with Crippen LogP contribution in [0.25, 0.3) is 21.8 Å². The zero-order valence-corrected chi connectivity index (χ0v) is 19.5. The van der Waals surface area contributed by atoms with Crippen LogP contribution in [0.2, 0.25) is 0 Å². The van der Waals surface area contributed by atoms with Gasteiger partial charge in [-0.3, -0.25) is 9.80 Å². The number of hydrogen-bond acceptors (Lipinski definition) is 2. The summed E-state index contributed by atoms with van der Waals surface area (Å²) in [6.07, 6.45) is 11.1. The molecule has 2 aromatic heterocycles. The molecule has 2 aliphatic rings. The number of halogens is 2. The van der Waals surface area contributed by atoms with Crippen molar-refractivity contribution in [3.05, 3.63) is 71.6 Å². The minimum Gasteiger partial charge on any atom is -0.361 e. The van der Waals surface area contributed by atoms with Crippen molar-refractivity contribution in [3.8, 4) is 0 Å². The van der Waals surface area contributed by atoms with Gasteiger partial charge >= 0.3 is 0 Å². The fourth-order valence-corrected chi connectivity index (χ4v) is 6.26. The van der Waals surface area contributed by atoms with Crippen LogP contribution >= 0.6 is 0 Å². The third-order valence-electron chi connectivity index (χ3n) is 8.04. The van der Waals surface area contributed by atoms with E-state index in [1.54, 1.807) is 24.3 Å². The zero-order chi connectivity index (χ0) is 23.1. The number of hydrogen-bond donors (Lipinski definition) is 2. The summed E-state index contributed by atoms with van der Waals surface area (Å²) >= 11 is 0. The summed E-state index contributed by atoms with van der Waals surface area (Å²) in [5.41, 5.74) is 4.36. The zero-order valence-electron chi connectivity index (χ0n) is 19.5. The van der Waals surface area contributed by atoms with Crippen LogP contribution in [0.4, 0.5) is 8.78 Å². The summed E-state index contributed by atoms with van der Waals surface area (Å²) in [5.74, 6) is -0.383. The molecule has 0 amide bonds. The molecule has 2 aromatic carbocycles. The first-order valence-corrected chi connectivity index (χ1v) is 12.6. The Morgan fingerprint density at radius 3 is 1.65 bits per heavy atom. The van der Waals surface area contributed by atoms with E-state index in [0.29, 0.717) is 12.1 Å². The van der Waals surface area contributed by atoms with Crippen LogP contribution in [0.15, 0.2) is 48.8 Å². The molecule has 2 fully saturated rings. The highest BCUT2D eigenvalue weighted by atomic mass is 19.1. The monoisotopic (exact) mass is 462 g/mol. The van der Waals surface area contributed by atoms with E-state index in [1.165, 1.54) is 36.8 Å². The quantitative estimate of drug-likeness (QED) is 0.373. The minimum absolute atomic E-state index is 0.191. The largest absolute Gasteiger partial charge is 0.361 e. The molecule has 4 heterocycles. The summed E-state index contributed by atoms with van der Waals surface area (Å²) in [6.45, 7) is 4.51. The molecule has 6 rings (SSSR count). The molecule has 34 heavy (non-hydrogen) atoms. The van der Waals surface area contributed by atoms with Gasteiger partial charge in [-0.15, -0.1) is 0 Å². The maximum absolute atomic E-state index is 13.6. The molecule has 4 nitrogen and oxygen atoms in total. The van der Waals surface area contributed by atoms with E-state index in [2.05, 4.69) is 32.2 Å². The normalized spacial score (nSPS) is 21.9. The Kier molecular flexibility index (Phi) is 5.87. The van der Waals surface area contributed by atoms with E-state index in [9.17, 15) is 8.78 Å². The maximum Gasteiger partial charge on any atom is 0.125 e. The Bertz CT molecular complexity index is 1190. The number of aromatic amines is 2. The Morgan fingerprint density at radius 1 is 0.706 bits per heavy atom. The molecule has 0 radical (unpaired) electrons. The van der Waals surface area contributed by atoms with Gasteiger partial charge in [-0.1, -0.05) is 0 Å². The lowest BCUT2D eigenvalue weighted by molar-refractivity contribution is 0.183. The van der Waals surface area contributed by atoms with Gasteiger partial charge < -0.3 is 9.97 Å². The van der Waals surface area contributed by atoms with Crippen molar-refractivity contribution >= 4 is 21.8 Å². The minimum atomic E-state index is -0.191. The number of likely N-dealkylation sites (tertiary alicyclic amines) is 2. The fraction of sp³-hybridized carbons (Fsp3) is 0.429. The topological polar surface area (TPSA) is 38.1 Å². The average Bonchev–Trinajstić information content (AvgIpc) is 3.61. The van der Waals surface area contributed by atoms with Crippen molar-refractivity contribution in [2.75, 3.05) is 26.2 Å². The molecule has 2 unspecified atom stereocenters. The van der Waals surface area contributed by atoms with E-state index in [0.717, 1.165) is 60.8 Å². The van der Waals surface area contributed by atoms with Crippen LogP contribution in [0.1, 0.15) is 36.8 Å². The predicted molar refractivity (Wildman–Crippen MR) is 133 cm³/mol. The van der Waals surface area contributed by atoms with Crippen molar-refractivity contribution in [2.24, 2.45) is 0 Å². The van der Waals surface area contributed by atoms with E-state index < -0.39 is 0 Å². The number of H-pyrrole nitrogens is 2. The summed E-state index contributed by atoms with van der Waals surface area (Å²) in [4.78, 5) is 11.8. The molecule has 0 spiro atoms. The second-order valence-electron chi connectivity index (χ2n) is 10.1. The number of benzene rings is 2. The highest BCUT2D eigenvalue weighted by Crippen LogP contribution is 2.28. The second kappa shape index (κ2) is 9.16. The molecular formula is C28H32F2N4. The summed E-state index contributed by atoms with van der Waals surface area (Å²) in [6, 6.07) is 11.2. The Hall–Kier alpha value is -2.70. The van der Waals surface area contributed by atoms with Crippen LogP contribution in [0, 0.1) is 11.6 Å². The summed E-state index contributed by atoms with van der Waals surface area (Å²) in [7, 11) is 0. The first-order valence-electron chi connectivity index (χ1n) is 12.6. The van der Waals surface area contributed by atoms with E-state index in [-0.39, 0.29) is 11.6 Å². The van der Waals surface area contributed by atoms with Crippen molar-refractivity contribution in [1.82, 2.24) is 19.8 Å². The molecule has 6 heteroatoms. The molecule has 2 aliphatic heterocycles. The van der Waals surface area contributed by atoms with Gasteiger partial charge in [0.1, 0.15) is 11.6 Å². The Balaban J connectivity index is 1.09. The lowest BCUT2D eigenvalue weighted by Crippen LogP contribution is -2.41. The van der Waals surface area contributed by atoms with Crippen LogP contribution < -0.4 is 0 Å². The molecular weight excluding hydrogens is 430 g/mol. The smallest absolute Gasteiger partial charge is 0.125 e. The number of fused-ring (bicyclic) bond motifs is 2. The second-order valence-corrected chi connectivity index (χ2v) is 10.1. The summed E-state index contributed by atoms with van der Waals surface area (Å²) < 4.78 is 27.1. The van der Waals surface area contributed by atoms with Gasteiger partial charge in [0.25, 0.3) is 0 Å². The SMILES string of the molecule is Fc1ccc2c(CC3CCCN3CCN3CCCC3Cc3c[nH]c4cc(F)ccc34)c[nH]c2c1. The van der Waals surface area contributed by atoms with E-state index in [1.807, 2.05) is 12.1 Å². The molecule has 4 aromatic rings. The molecule has 0 aliphatic carbocycles. The van der Waals surface area contributed by atoms with Crippen LogP contribution in [-0.2, 0) is 12.8 Å². The van der Waals surface area contributed by atoms with E-state index >= 15 is 0 Å². The first kappa shape index (κ1) is 21.8.